The van der Waals surface area contributed by atoms with E-state index in [1.165, 1.54) is 0 Å². The molecule has 0 bridgehead atoms. The van der Waals surface area contributed by atoms with Gasteiger partial charge in [0.15, 0.2) is 0 Å². The van der Waals surface area contributed by atoms with E-state index in [-0.39, 0.29) is 0 Å². The molecule has 0 saturated carbocycles. The molecule has 0 fully saturated rings. The zero-order valence-electron chi connectivity index (χ0n) is 8.16. The van der Waals surface area contributed by atoms with Crippen molar-refractivity contribution in [1.29, 1.82) is 0 Å². The minimum Gasteiger partial charge on any atom is -0.482 e. The summed E-state index contributed by atoms with van der Waals surface area (Å²) in [5.41, 5.74) is 1.09. The maximum Gasteiger partial charge on any atom is 0.215 e. The number of hydrogen-bond donors (Lipinski definition) is 0. The molecule has 0 atom stereocenters. The Hall–Kier alpha value is -0.876. The molecule has 13 heavy (non-hydrogen) atoms. The summed E-state index contributed by atoms with van der Waals surface area (Å²) in [7, 11) is 2.14. The van der Waals surface area contributed by atoms with Crippen LogP contribution in [0.2, 0.25) is 0 Å². The van der Waals surface area contributed by atoms with E-state index in [1.807, 2.05) is 30.3 Å². The second-order valence-corrected chi connectivity index (χ2v) is 3.79. The van der Waals surface area contributed by atoms with Gasteiger partial charge in [-0.2, -0.15) is 0 Å². The Bertz CT molecular complexity index is 274. The van der Waals surface area contributed by atoms with Gasteiger partial charge in [0.05, 0.1) is 16.5 Å². The van der Waals surface area contributed by atoms with E-state index in [0.717, 1.165) is 44.3 Å². The molecule has 0 aliphatic heterocycles. The van der Waals surface area contributed by atoms with E-state index in [4.69, 9.17) is 4.74 Å². The molecular weight excluding hydrogens is 194 g/mol. The first-order valence-electron chi connectivity index (χ1n) is 4.61. The second kappa shape index (κ2) is 5.72. The Morgan fingerprint density at radius 1 is 1.23 bits per heavy atom. The van der Waals surface area contributed by atoms with Crippen molar-refractivity contribution < 1.29 is 4.74 Å². The summed E-state index contributed by atoms with van der Waals surface area (Å²) in [5, 5.41) is 0. The fourth-order valence-corrected chi connectivity index (χ4v) is 1.64. The van der Waals surface area contributed by atoms with Crippen LogP contribution in [0.25, 0.3) is 0 Å². The quantitative estimate of drug-likeness (QED) is 0.359. The summed E-state index contributed by atoms with van der Waals surface area (Å²) in [6, 6.07) is 10.1. The number of nitrogens with zero attached hydrogens (tertiary/aromatic N) is 1. The lowest BCUT2D eigenvalue weighted by Crippen LogP contribution is -2.08. The Kier molecular flexibility index (Phi) is 4.49. The predicted molar refractivity (Wildman–Crippen MR) is 63.7 cm³/mol. The Labute approximate surface area is 84.9 Å². The molecule has 0 aliphatic rings. The smallest absolute Gasteiger partial charge is 0.215 e. The van der Waals surface area contributed by atoms with Gasteiger partial charge in [0, 0.05) is 22.0 Å². The standard InChI is InChI=1S/C9H15NOSi2/c12-6-10-9(11-7-13)8-4-2-1-3-5-8/h1-5H,6-7H2,12-13H3. The topological polar surface area (TPSA) is 21.6 Å². The molecule has 0 heterocycles. The normalized spacial score (nSPS) is 11.8. The zero-order valence-corrected chi connectivity index (χ0v) is 12.2. The van der Waals surface area contributed by atoms with Crippen LogP contribution < -0.4 is 0 Å². The predicted octanol–water partition coefficient (Wildman–Crippen LogP) is -0.904. The minimum atomic E-state index is 0.811. The third-order valence-corrected chi connectivity index (χ3v) is 2.21. The van der Waals surface area contributed by atoms with Crippen molar-refractivity contribution in [1.82, 2.24) is 0 Å². The fraction of sp³-hybridized carbons (Fsp3) is 0.222. The largest absolute Gasteiger partial charge is 0.482 e. The minimum absolute atomic E-state index is 0.811. The molecule has 0 N–H and O–H groups in total. The molecule has 1 aromatic carbocycles. The molecule has 0 aromatic heterocycles. The Balaban J connectivity index is 2.83. The highest BCUT2D eigenvalue weighted by molar-refractivity contribution is 6.11. The van der Waals surface area contributed by atoms with Crippen LogP contribution in [-0.4, -0.2) is 38.8 Å². The monoisotopic (exact) mass is 209 g/mol. The van der Waals surface area contributed by atoms with Crippen molar-refractivity contribution in [3.05, 3.63) is 35.9 Å². The van der Waals surface area contributed by atoms with E-state index in [2.05, 4.69) is 4.99 Å². The number of benzene rings is 1. The van der Waals surface area contributed by atoms with Gasteiger partial charge in [-0.15, -0.1) is 0 Å². The maximum atomic E-state index is 5.50. The molecule has 0 radical (unpaired) electrons. The summed E-state index contributed by atoms with van der Waals surface area (Å²) in [4.78, 5) is 4.36. The number of ether oxygens (including phenoxy) is 1. The van der Waals surface area contributed by atoms with Gasteiger partial charge in [-0.1, -0.05) is 18.2 Å². The summed E-state index contributed by atoms with van der Waals surface area (Å²) in [5.74, 6) is 0.811. The van der Waals surface area contributed by atoms with Crippen LogP contribution in [-0.2, 0) is 4.74 Å². The average molecular weight is 209 g/mol. The van der Waals surface area contributed by atoms with Crippen molar-refractivity contribution in [2.75, 3.05) is 12.4 Å². The van der Waals surface area contributed by atoms with Crippen LogP contribution >= 0.6 is 0 Å². The van der Waals surface area contributed by atoms with Gasteiger partial charge in [0.1, 0.15) is 0 Å². The number of rotatable bonds is 3. The molecule has 4 heteroatoms. The molecule has 70 valence electrons. The summed E-state index contributed by atoms with van der Waals surface area (Å²) in [6.45, 7) is 0. The maximum absolute atomic E-state index is 5.50. The van der Waals surface area contributed by atoms with Gasteiger partial charge in [-0.25, -0.2) is 0 Å². The van der Waals surface area contributed by atoms with Gasteiger partial charge in [0.25, 0.3) is 0 Å². The summed E-state index contributed by atoms with van der Waals surface area (Å²) in [6.07, 6.45) is 1.72. The molecule has 0 amide bonds. The molecule has 1 rings (SSSR count). The highest BCUT2D eigenvalue weighted by Crippen LogP contribution is 2.01. The van der Waals surface area contributed by atoms with E-state index >= 15 is 0 Å². The Morgan fingerprint density at radius 2 is 1.92 bits per heavy atom. The highest BCUT2D eigenvalue weighted by Gasteiger charge is 2.00. The van der Waals surface area contributed by atoms with E-state index in [9.17, 15) is 0 Å². The van der Waals surface area contributed by atoms with Crippen LogP contribution in [0.4, 0.5) is 0 Å². The lowest BCUT2D eigenvalue weighted by Gasteiger charge is -2.06. The third kappa shape index (κ3) is 3.16. The van der Waals surface area contributed by atoms with Gasteiger partial charge < -0.3 is 4.74 Å². The molecule has 0 spiro atoms. The van der Waals surface area contributed by atoms with Gasteiger partial charge >= 0.3 is 0 Å². The van der Waals surface area contributed by atoms with Gasteiger partial charge in [-0.05, 0) is 12.1 Å². The molecule has 1 aromatic rings. The molecule has 0 aliphatic carbocycles. The van der Waals surface area contributed by atoms with Crippen molar-refractivity contribution in [3.8, 4) is 0 Å². The first kappa shape index (κ1) is 10.2. The van der Waals surface area contributed by atoms with Crippen LogP contribution in [0.1, 0.15) is 5.56 Å². The number of hydrogen-bond acceptors (Lipinski definition) is 2. The molecule has 2 nitrogen and oxygen atoms in total. The van der Waals surface area contributed by atoms with Crippen molar-refractivity contribution in [2.45, 2.75) is 0 Å². The van der Waals surface area contributed by atoms with Gasteiger partial charge in [-0.3, -0.25) is 4.99 Å². The van der Waals surface area contributed by atoms with Crippen LogP contribution in [0, 0.1) is 0 Å². The fourth-order valence-electron chi connectivity index (χ4n) is 1.08. The van der Waals surface area contributed by atoms with E-state index in [0.29, 0.717) is 0 Å². The van der Waals surface area contributed by atoms with E-state index < -0.39 is 0 Å². The van der Waals surface area contributed by atoms with Crippen LogP contribution in [0.15, 0.2) is 35.3 Å². The van der Waals surface area contributed by atoms with Crippen molar-refractivity contribution >= 4 is 26.4 Å². The lowest BCUT2D eigenvalue weighted by molar-refractivity contribution is 0.375. The first-order valence-corrected chi connectivity index (χ1v) is 7.44. The average Bonchev–Trinajstić information content (AvgIpc) is 2.19. The van der Waals surface area contributed by atoms with Crippen LogP contribution in [0.5, 0.6) is 0 Å². The number of aliphatic imine (C=N–C) groups is 1. The third-order valence-electron chi connectivity index (χ3n) is 1.60. The first-order chi connectivity index (χ1) is 6.38. The molecule has 0 saturated heterocycles. The van der Waals surface area contributed by atoms with Crippen LogP contribution in [0.3, 0.4) is 0 Å². The van der Waals surface area contributed by atoms with Crippen molar-refractivity contribution in [2.24, 2.45) is 4.99 Å². The van der Waals surface area contributed by atoms with Gasteiger partial charge in [0.2, 0.25) is 5.90 Å². The summed E-state index contributed by atoms with van der Waals surface area (Å²) < 4.78 is 5.50. The lowest BCUT2D eigenvalue weighted by atomic mass is 10.2. The highest BCUT2D eigenvalue weighted by atomic mass is 28.1. The summed E-state index contributed by atoms with van der Waals surface area (Å²) >= 11 is 0. The second-order valence-electron chi connectivity index (χ2n) is 2.58. The molecule has 0 unspecified atom stereocenters. The Morgan fingerprint density at radius 3 is 2.46 bits per heavy atom. The van der Waals surface area contributed by atoms with Crippen molar-refractivity contribution in [3.63, 3.8) is 0 Å². The molecular formula is C9H15NOSi2. The van der Waals surface area contributed by atoms with E-state index in [1.54, 1.807) is 0 Å². The SMILES string of the molecule is [SiH3]CN=C(OC[SiH3])c1ccccc1. The zero-order chi connectivity index (χ0) is 9.52.